The maximum Gasteiger partial charge on any atom is -1.00 e. The second kappa shape index (κ2) is 14.5. The van der Waals surface area contributed by atoms with E-state index < -0.39 is 0 Å². The molecule has 0 spiro atoms. The van der Waals surface area contributed by atoms with Crippen molar-refractivity contribution in [3.63, 3.8) is 0 Å². The second-order valence-electron chi connectivity index (χ2n) is 15.0. The zero-order valence-corrected chi connectivity index (χ0v) is 33.2. The van der Waals surface area contributed by atoms with Crippen LogP contribution in [0, 0.1) is 24.3 Å². The van der Waals surface area contributed by atoms with Crippen LogP contribution in [0.3, 0.4) is 0 Å². The Labute approximate surface area is 305 Å². The number of hydrogen-bond acceptors (Lipinski definition) is 0. The number of benzene rings is 3. The van der Waals surface area contributed by atoms with E-state index in [4.69, 9.17) is 0 Å². The number of halogens is 2. The third-order valence-electron chi connectivity index (χ3n) is 9.42. The minimum atomic E-state index is 0. The zero-order chi connectivity index (χ0) is 32.0. The topological polar surface area (TPSA) is 0 Å². The van der Waals surface area contributed by atoms with E-state index in [9.17, 15) is 0 Å². The molecule has 1 unspecified atom stereocenters. The van der Waals surface area contributed by atoms with Gasteiger partial charge in [-0.15, -0.1) is 39.7 Å². The van der Waals surface area contributed by atoms with Crippen molar-refractivity contribution in [2.24, 2.45) is 11.3 Å². The summed E-state index contributed by atoms with van der Waals surface area (Å²) in [6.45, 7) is 22.4. The Kier molecular flexibility index (Phi) is 12.1. The van der Waals surface area contributed by atoms with Gasteiger partial charge < -0.3 is 24.8 Å². The van der Waals surface area contributed by atoms with Crippen LogP contribution in [-0.4, -0.2) is 3.21 Å². The van der Waals surface area contributed by atoms with Gasteiger partial charge in [0.1, 0.15) is 0 Å². The maximum atomic E-state index is 3.35. The molecule has 4 aromatic rings. The fraction of sp³-hybridized carbons (Fsp3) is 0.349. The Morgan fingerprint density at radius 3 is 1.67 bits per heavy atom. The fourth-order valence-corrected chi connectivity index (χ4v) is 6.73. The van der Waals surface area contributed by atoms with E-state index in [0.717, 1.165) is 0 Å². The van der Waals surface area contributed by atoms with Gasteiger partial charge in [-0.25, -0.2) is 6.08 Å². The number of aryl methyl sites for hydroxylation is 1. The maximum absolute atomic E-state index is 3.35. The van der Waals surface area contributed by atoms with E-state index in [1.807, 2.05) is 0 Å². The zero-order valence-electron chi connectivity index (χ0n) is 29.2. The molecule has 46 heavy (non-hydrogen) atoms. The molecule has 3 heteroatoms. The fourth-order valence-electron chi connectivity index (χ4n) is 6.32. The minimum Gasteiger partial charge on any atom is -1.00 e. The summed E-state index contributed by atoms with van der Waals surface area (Å²) in [5, 5.41) is 5.53. The first-order valence-corrected chi connectivity index (χ1v) is 17.4. The van der Waals surface area contributed by atoms with E-state index in [2.05, 4.69) is 166 Å². The molecule has 0 amide bonds. The summed E-state index contributed by atoms with van der Waals surface area (Å²) in [5.41, 5.74) is 10.4. The van der Waals surface area contributed by atoms with Crippen molar-refractivity contribution in [2.75, 3.05) is 0 Å². The van der Waals surface area contributed by atoms with Crippen LogP contribution in [0.15, 0.2) is 84.5 Å². The van der Waals surface area contributed by atoms with E-state index >= 15 is 0 Å². The molecule has 3 aliphatic carbocycles. The van der Waals surface area contributed by atoms with Gasteiger partial charge >= 0.3 is 76.7 Å². The normalized spacial score (nSPS) is 17.7. The van der Waals surface area contributed by atoms with Crippen molar-refractivity contribution in [1.29, 1.82) is 0 Å². The van der Waals surface area contributed by atoms with Gasteiger partial charge in [-0.05, 0) is 11.1 Å². The predicted octanol–water partition coefficient (Wildman–Crippen LogP) is 5.77. The Morgan fingerprint density at radius 2 is 1.30 bits per heavy atom. The smallest absolute Gasteiger partial charge is 1.00 e. The Bertz CT molecular complexity index is 1760. The van der Waals surface area contributed by atoms with Gasteiger partial charge in [0.15, 0.2) is 0 Å². The first-order valence-electron chi connectivity index (χ1n) is 16.1. The van der Waals surface area contributed by atoms with Crippen LogP contribution in [-0.2, 0) is 35.1 Å². The third kappa shape index (κ3) is 8.09. The number of hydrogen-bond donors (Lipinski definition) is 0. The predicted molar refractivity (Wildman–Crippen MR) is 191 cm³/mol. The molecular formula is C43H48Cl2Zr-2. The molecule has 7 rings (SSSR count). The van der Waals surface area contributed by atoms with E-state index in [-0.39, 0.29) is 35.6 Å². The summed E-state index contributed by atoms with van der Waals surface area (Å²) in [6, 6.07) is 20.6. The third-order valence-corrected chi connectivity index (χ3v) is 10.1. The van der Waals surface area contributed by atoms with Crippen LogP contribution in [0.5, 0.6) is 0 Å². The van der Waals surface area contributed by atoms with Crippen LogP contribution in [0.2, 0.25) is 0 Å². The summed E-state index contributed by atoms with van der Waals surface area (Å²) < 4.78 is 1.46. The first kappa shape index (κ1) is 38.3. The van der Waals surface area contributed by atoms with E-state index in [1.165, 1.54) is 94.4 Å². The van der Waals surface area contributed by atoms with E-state index in [1.54, 1.807) is 0 Å². The van der Waals surface area contributed by atoms with Crippen LogP contribution in [0.4, 0.5) is 0 Å². The molecule has 0 bridgehead atoms. The van der Waals surface area contributed by atoms with Gasteiger partial charge in [-0.3, -0.25) is 6.08 Å². The minimum absolute atomic E-state index is 0. The van der Waals surface area contributed by atoms with Crippen molar-refractivity contribution in [3.05, 3.63) is 124 Å². The summed E-state index contributed by atoms with van der Waals surface area (Å²) >= 11 is 1.51. The quantitative estimate of drug-likeness (QED) is 0.231. The van der Waals surface area contributed by atoms with Gasteiger partial charge in [0, 0.05) is 10.8 Å². The molecule has 3 aliphatic rings. The Balaban J connectivity index is 0.000000212. The molecule has 0 saturated carbocycles. The van der Waals surface area contributed by atoms with Crippen molar-refractivity contribution in [1.82, 2.24) is 0 Å². The largest absolute Gasteiger partial charge is 1.00 e. The Morgan fingerprint density at radius 1 is 0.826 bits per heavy atom. The van der Waals surface area contributed by atoms with Gasteiger partial charge in [0.25, 0.3) is 0 Å². The second-order valence-corrected chi connectivity index (χ2v) is 16.8. The molecule has 1 atom stereocenters. The monoisotopic (exact) mass is 724 g/mol. The van der Waals surface area contributed by atoms with Crippen molar-refractivity contribution < 1.29 is 49.0 Å². The summed E-state index contributed by atoms with van der Waals surface area (Å²) in [7, 11) is 0. The molecule has 4 aromatic carbocycles. The number of allylic oxidation sites excluding steroid dienone is 6. The van der Waals surface area contributed by atoms with Crippen molar-refractivity contribution in [3.8, 4) is 0 Å². The van der Waals surface area contributed by atoms with Gasteiger partial charge in [-0.1, -0.05) is 121 Å². The van der Waals surface area contributed by atoms with Gasteiger partial charge in [-0.2, -0.15) is 11.6 Å². The molecule has 0 radical (unpaired) electrons. The molecule has 0 saturated heterocycles. The first-order chi connectivity index (χ1) is 20.6. The van der Waals surface area contributed by atoms with Gasteiger partial charge in [0.2, 0.25) is 0 Å². The molecule has 0 aliphatic heterocycles. The molecule has 0 fully saturated rings. The standard InChI is InChI=1S/C23H21.C11H17.C9H10.2ClH.Zr/c1-22(2)7-5-14-10-18-16(12-20(14)22)9-17-13-21-15(11-19(17)18)6-8-23(21,3)4;1-5-9-6-7-10(8-9)11(2,3)4;1-3-9-6-4-8(2)5-7-9;;;/h5-13H,1-4H3;7-9H,5H2,1-4H3;4-7H,1-2H3;2*1H;/q2*-1;;;;+2/p-2. The van der Waals surface area contributed by atoms with Crippen molar-refractivity contribution >= 4 is 36.9 Å². The molecule has 0 aromatic heterocycles. The summed E-state index contributed by atoms with van der Waals surface area (Å²) in [4.78, 5) is 0. The molecule has 0 heterocycles. The van der Waals surface area contributed by atoms with Crippen LogP contribution < -0.4 is 24.8 Å². The van der Waals surface area contributed by atoms with E-state index in [0.29, 0.717) is 11.3 Å². The molecule has 0 nitrogen and oxygen atoms in total. The van der Waals surface area contributed by atoms with Gasteiger partial charge in [0.05, 0.1) is 0 Å². The molecular weight excluding hydrogens is 679 g/mol. The summed E-state index contributed by atoms with van der Waals surface area (Å²) in [6.07, 6.45) is 18.2. The number of rotatable bonds is 2. The number of fused-ring (bicyclic) bond motifs is 5. The van der Waals surface area contributed by atoms with Crippen LogP contribution >= 0.6 is 0 Å². The van der Waals surface area contributed by atoms with Crippen LogP contribution in [0.1, 0.15) is 102 Å². The average Bonchev–Trinajstić information content (AvgIpc) is 3.72. The average molecular weight is 727 g/mol. The summed E-state index contributed by atoms with van der Waals surface area (Å²) in [5.74, 6) is 0.573. The SMILES string of the molecule is CC1(C)C=Cc2cc3c(cc21)[cH-]c1cc2c(cc13)C=CC2(C)C.CCC1[C-]=CC(C(C)(C)C)=C1.C[C](=[Zr+2])c1ccc(C)cc1.[Cl-].[Cl-]. The molecule has 240 valence electrons. The molecule has 0 N–H and O–H groups in total. The van der Waals surface area contributed by atoms with Crippen molar-refractivity contribution in [2.45, 2.75) is 86.5 Å². The van der Waals surface area contributed by atoms with Crippen LogP contribution in [0.25, 0.3) is 33.7 Å². The Hall–Kier alpha value is -2.18.